The van der Waals surface area contributed by atoms with Gasteiger partial charge in [-0.1, -0.05) is 26.0 Å². The van der Waals surface area contributed by atoms with Crippen LogP contribution in [0.5, 0.6) is 0 Å². The van der Waals surface area contributed by atoms with Gasteiger partial charge in [0, 0.05) is 17.7 Å². The summed E-state index contributed by atoms with van der Waals surface area (Å²) >= 11 is 1.60. The summed E-state index contributed by atoms with van der Waals surface area (Å²) in [5, 5.41) is 14.1. The molecule has 1 spiro atoms. The first-order valence-corrected chi connectivity index (χ1v) is 13.1. The molecule has 1 aromatic rings. The van der Waals surface area contributed by atoms with E-state index in [1.54, 1.807) is 11.8 Å². The van der Waals surface area contributed by atoms with Crippen molar-refractivity contribution in [2.24, 2.45) is 23.7 Å². The lowest BCUT2D eigenvalue weighted by Gasteiger charge is -2.53. The van der Waals surface area contributed by atoms with E-state index in [-0.39, 0.29) is 24.2 Å². The van der Waals surface area contributed by atoms with Crippen LogP contribution in [0.4, 0.5) is 5.69 Å². The number of amides is 1. The number of para-hydroxylation sites is 1. The van der Waals surface area contributed by atoms with Crippen LogP contribution in [0.15, 0.2) is 29.2 Å². The molecule has 32 heavy (non-hydrogen) atoms. The number of hydrogen-bond donors (Lipinski definition) is 2. The number of ether oxygens (including phenoxy) is 1. The van der Waals surface area contributed by atoms with Gasteiger partial charge in [0.2, 0.25) is 5.91 Å². The Morgan fingerprint density at radius 1 is 1.28 bits per heavy atom. The number of anilines is 1. The van der Waals surface area contributed by atoms with Gasteiger partial charge in [-0.25, -0.2) is 9.78 Å². The molecule has 0 aromatic heterocycles. The lowest BCUT2D eigenvalue weighted by atomic mass is 9.59. The van der Waals surface area contributed by atoms with Gasteiger partial charge in [0.1, 0.15) is 5.60 Å². The first-order valence-electron chi connectivity index (χ1n) is 11.9. The van der Waals surface area contributed by atoms with Crippen LogP contribution >= 0.6 is 11.8 Å². The van der Waals surface area contributed by atoms with Gasteiger partial charge in [-0.3, -0.25) is 4.79 Å². The molecule has 1 aliphatic carbocycles. The van der Waals surface area contributed by atoms with Crippen LogP contribution in [-0.4, -0.2) is 41.4 Å². The molecule has 7 heteroatoms. The maximum Gasteiger partial charge on any atom is 0.224 e. The zero-order chi connectivity index (χ0) is 22.9. The third-order valence-electron chi connectivity index (χ3n) is 8.05. The van der Waals surface area contributed by atoms with Gasteiger partial charge >= 0.3 is 0 Å². The molecule has 1 amide bonds. The number of benzene rings is 1. The first kappa shape index (κ1) is 24.0. The van der Waals surface area contributed by atoms with Gasteiger partial charge in [-0.05, 0) is 74.7 Å². The number of fused-ring (bicyclic) bond motifs is 3. The molecular weight excluding hydrogens is 426 g/mol. The fraction of sp³-hybridized carbons (Fsp3) is 0.720. The predicted molar refractivity (Wildman–Crippen MR) is 125 cm³/mol. The molecule has 178 valence electrons. The molecule has 1 saturated carbocycles. The fourth-order valence-corrected chi connectivity index (χ4v) is 6.55. The Hall–Kier alpha value is -1.12. The molecule has 4 fully saturated rings. The number of thioether (sulfide) groups is 1. The summed E-state index contributed by atoms with van der Waals surface area (Å²) < 4.78 is 6.15. The summed E-state index contributed by atoms with van der Waals surface area (Å²) in [7, 11) is 0. The number of rotatable bonds is 7. The van der Waals surface area contributed by atoms with Gasteiger partial charge in [0.25, 0.3) is 0 Å². The van der Waals surface area contributed by atoms with Crippen LogP contribution < -0.4 is 5.32 Å². The minimum atomic E-state index is -0.667. The van der Waals surface area contributed by atoms with Gasteiger partial charge in [0.15, 0.2) is 5.79 Å². The third kappa shape index (κ3) is 4.60. The van der Waals surface area contributed by atoms with Crippen LogP contribution in [0.3, 0.4) is 0 Å². The van der Waals surface area contributed by atoms with E-state index in [4.69, 9.17) is 14.5 Å². The molecule has 3 aliphatic heterocycles. The van der Waals surface area contributed by atoms with Crippen LogP contribution in [0.25, 0.3) is 0 Å². The Kier molecular flexibility index (Phi) is 7.23. The standard InChI is InChI=1S/C25H37NO5S/c1-16-9-10-19(25-15-29-24(3,30-31-25)14-13-18(16)25)17(2)21(27)11-12-23(28)26-20-7-5-6-8-22(20)32-4/h5-8,16-19,21,27H,9-15H2,1-4H3,(H,26,28)/t16-,17-,18+,19+,21-,24-,25-/m1/s1. The normalized spacial score (nSPS) is 36.1. The zero-order valence-corrected chi connectivity index (χ0v) is 20.5. The molecule has 5 rings (SSSR count). The summed E-state index contributed by atoms with van der Waals surface area (Å²) in [5.41, 5.74) is 0.301. The molecule has 0 radical (unpaired) electrons. The number of carbonyl (C=O) groups is 1. The number of aliphatic hydroxyl groups is 1. The highest BCUT2D eigenvalue weighted by Crippen LogP contribution is 2.55. The Bertz CT molecular complexity index is 809. The van der Waals surface area contributed by atoms with Gasteiger partial charge < -0.3 is 15.2 Å². The third-order valence-corrected chi connectivity index (χ3v) is 8.85. The van der Waals surface area contributed by atoms with Crippen molar-refractivity contribution in [1.29, 1.82) is 0 Å². The first-order chi connectivity index (χ1) is 15.3. The smallest absolute Gasteiger partial charge is 0.224 e. The molecule has 2 N–H and O–H groups in total. The second-order valence-corrected chi connectivity index (χ2v) is 10.9. The van der Waals surface area contributed by atoms with Gasteiger partial charge in [-0.2, -0.15) is 0 Å². The van der Waals surface area contributed by atoms with Crippen molar-refractivity contribution in [2.45, 2.75) is 81.7 Å². The topological polar surface area (TPSA) is 77.0 Å². The molecule has 3 heterocycles. The minimum absolute atomic E-state index is 0.0223. The highest BCUT2D eigenvalue weighted by molar-refractivity contribution is 7.98. The van der Waals surface area contributed by atoms with E-state index in [2.05, 4.69) is 19.2 Å². The summed E-state index contributed by atoms with van der Waals surface area (Å²) in [6, 6.07) is 7.77. The largest absolute Gasteiger partial charge is 0.393 e. The minimum Gasteiger partial charge on any atom is -0.393 e. The quantitative estimate of drug-likeness (QED) is 0.437. The van der Waals surface area contributed by atoms with Crippen molar-refractivity contribution in [3.05, 3.63) is 24.3 Å². The average Bonchev–Trinajstić information content (AvgIpc) is 3.04. The number of hydrogen-bond acceptors (Lipinski definition) is 6. The maximum absolute atomic E-state index is 12.6. The van der Waals surface area contributed by atoms with Crippen LogP contribution in [0, 0.1) is 23.7 Å². The molecule has 4 aliphatic rings. The van der Waals surface area contributed by atoms with E-state index in [1.165, 1.54) is 0 Å². The van der Waals surface area contributed by atoms with Crippen molar-refractivity contribution in [1.82, 2.24) is 0 Å². The molecule has 6 nitrogen and oxygen atoms in total. The Morgan fingerprint density at radius 2 is 2.06 bits per heavy atom. The number of nitrogens with one attached hydrogen (secondary N) is 1. The average molecular weight is 464 g/mol. The van der Waals surface area contributed by atoms with E-state index >= 15 is 0 Å². The van der Waals surface area contributed by atoms with Crippen molar-refractivity contribution >= 4 is 23.4 Å². The van der Waals surface area contributed by atoms with E-state index in [0.29, 0.717) is 24.9 Å². The SMILES string of the molecule is CSc1ccccc1NC(=O)CC[C@@H](O)[C@H](C)[C@@H]1CC[C@@H](C)[C@@H]2CC[C@]3(C)OC[C@]12OO3. The number of carbonyl (C=O) groups excluding carboxylic acids is 1. The zero-order valence-electron chi connectivity index (χ0n) is 19.6. The summed E-state index contributed by atoms with van der Waals surface area (Å²) in [6.45, 7) is 6.83. The van der Waals surface area contributed by atoms with Gasteiger partial charge in [-0.15, -0.1) is 11.8 Å². The maximum atomic E-state index is 12.6. The Labute approximate surface area is 195 Å². The lowest BCUT2D eigenvalue weighted by Crippen LogP contribution is -2.61. The van der Waals surface area contributed by atoms with Crippen molar-refractivity contribution in [2.75, 3.05) is 18.2 Å². The van der Waals surface area contributed by atoms with Crippen LogP contribution in [0.1, 0.15) is 59.3 Å². The van der Waals surface area contributed by atoms with E-state index in [1.807, 2.05) is 37.4 Å². The second-order valence-electron chi connectivity index (χ2n) is 10.1. The van der Waals surface area contributed by atoms with Crippen molar-refractivity contribution in [3.63, 3.8) is 0 Å². The van der Waals surface area contributed by atoms with E-state index < -0.39 is 17.5 Å². The van der Waals surface area contributed by atoms with Crippen LogP contribution in [-0.2, 0) is 19.3 Å². The summed E-state index contributed by atoms with van der Waals surface area (Å²) in [4.78, 5) is 25.5. The molecular formula is C25H37NO5S. The second kappa shape index (κ2) is 9.63. The predicted octanol–water partition coefficient (Wildman–Crippen LogP) is 5.01. The molecule has 2 bridgehead atoms. The van der Waals surface area contributed by atoms with Crippen LogP contribution in [0.2, 0.25) is 0 Å². The van der Waals surface area contributed by atoms with Crippen molar-refractivity contribution in [3.8, 4) is 0 Å². The molecule has 0 unspecified atom stereocenters. The summed E-state index contributed by atoms with van der Waals surface area (Å²) in [5.74, 6) is 0.251. The van der Waals surface area contributed by atoms with E-state index in [9.17, 15) is 9.90 Å². The molecule has 3 saturated heterocycles. The van der Waals surface area contributed by atoms with Gasteiger partial charge in [0.05, 0.1) is 18.4 Å². The fourth-order valence-electron chi connectivity index (χ4n) is 6.00. The monoisotopic (exact) mass is 463 g/mol. The highest BCUT2D eigenvalue weighted by Gasteiger charge is 2.61. The highest BCUT2D eigenvalue weighted by atomic mass is 32.2. The molecule has 7 atom stereocenters. The van der Waals surface area contributed by atoms with Crippen molar-refractivity contribution < 1.29 is 24.4 Å². The Morgan fingerprint density at radius 3 is 2.78 bits per heavy atom. The lowest BCUT2D eigenvalue weighted by molar-refractivity contribution is -0.517. The Balaban J connectivity index is 1.40. The molecule has 1 aromatic carbocycles. The van der Waals surface area contributed by atoms with E-state index in [0.717, 1.165) is 36.3 Å². The number of aliphatic hydroxyl groups excluding tert-OH is 1. The summed E-state index contributed by atoms with van der Waals surface area (Å²) in [6.07, 6.45) is 6.00.